The minimum atomic E-state index is -0.277. The molecule has 0 spiro atoms. The number of aromatic nitrogens is 5. The lowest BCUT2D eigenvalue weighted by Crippen LogP contribution is -2.26. The summed E-state index contributed by atoms with van der Waals surface area (Å²) in [4.78, 5) is 22.3. The molecule has 0 aliphatic heterocycles. The van der Waals surface area contributed by atoms with Crippen LogP contribution in [0.15, 0.2) is 41.3 Å². The lowest BCUT2D eigenvalue weighted by molar-refractivity contribution is 0.578. The van der Waals surface area contributed by atoms with E-state index in [9.17, 15) is 4.79 Å². The van der Waals surface area contributed by atoms with Crippen LogP contribution in [0.3, 0.4) is 0 Å². The van der Waals surface area contributed by atoms with E-state index in [-0.39, 0.29) is 21.8 Å². The zero-order valence-electron chi connectivity index (χ0n) is 15.2. The summed E-state index contributed by atoms with van der Waals surface area (Å²) in [5, 5.41) is 5.82. The fourth-order valence-corrected chi connectivity index (χ4v) is 4.01. The standard InChI is InChI=1S/C19H13Cl4N5O/c1-9(2)27-18(25-16-11(19(27)29)6-10(20)7-13(16)22)14-8-15(23)26-28(14)17-12(21)4-3-5-24-17/h3-9H,1-2H3. The molecule has 0 atom stereocenters. The third-order valence-electron chi connectivity index (χ3n) is 4.29. The Morgan fingerprint density at radius 3 is 2.48 bits per heavy atom. The number of fused-ring (bicyclic) bond motifs is 1. The first-order valence-corrected chi connectivity index (χ1v) is 10.1. The second kappa shape index (κ2) is 7.61. The molecule has 3 aromatic heterocycles. The van der Waals surface area contributed by atoms with Gasteiger partial charge in [-0.2, -0.15) is 5.10 Å². The molecule has 0 bridgehead atoms. The van der Waals surface area contributed by atoms with Crippen molar-refractivity contribution in [3.63, 3.8) is 0 Å². The zero-order chi connectivity index (χ0) is 20.9. The molecule has 0 saturated heterocycles. The zero-order valence-corrected chi connectivity index (χ0v) is 18.2. The Hall–Kier alpha value is -2.12. The van der Waals surface area contributed by atoms with E-state index in [2.05, 4.69) is 15.1 Å². The molecule has 0 saturated carbocycles. The minimum Gasteiger partial charge on any atom is -0.288 e. The number of halogens is 4. The molecule has 0 fully saturated rings. The Morgan fingerprint density at radius 1 is 1.03 bits per heavy atom. The molecule has 148 valence electrons. The molecule has 4 aromatic rings. The van der Waals surface area contributed by atoms with Crippen LogP contribution in [0.25, 0.3) is 28.2 Å². The highest BCUT2D eigenvalue weighted by Gasteiger charge is 2.22. The van der Waals surface area contributed by atoms with Crippen LogP contribution in [-0.2, 0) is 0 Å². The summed E-state index contributed by atoms with van der Waals surface area (Å²) < 4.78 is 3.00. The molecule has 10 heteroatoms. The van der Waals surface area contributed by atoms with Crippen molar-refractivity contribution in [2.45, 2.75) is 19.9 Å². The number of pyridine rings is 1. The number of hydrogen-bond acceptors (Lipinski definition) is 4. The summed E-state index contributed by atoms with van der Waals surface area (Å²) in [6, 6.07) is 7.88. The van der Waals surface area contributed by atoms with E-state index in [1.54, 1.807) is 36.5 Å². The van der Waals surface area contributed by atoms with Crippen molar-refractivity contribution >= 4 is 57.3 Å². The Labute approximate surface area is 185 Å². The van der Waals surface area contributed by atoms with Gasteiger partial charge < -0.3 is 0 Å². The summed E-state index contributed by atoms with van der Waals surface area (Å²) in [5.41, 5.74) is 0.513. The lowest BCUT2D eigenvalue weighted by Gasteiger charge is -2.18. The molecule has 0 N–H and O–H groups in total. The maximum atomic E-state index is 13.3. The maximum absolute atomic E-state index is 13.3. The number of nitrogens with zero attached hydrogens (tertiary/aromatic N) is 5. The van der Waals surface area contributed by atoms with E-state index < -0.39 is 0 Å². The normalized spacial score (nSPS) is 11.6. The van der Waals surface area contributed by atoms with Crippen LogP contribution in [0.5, 0.6) is 0 Å². The second-order valence-corrected chi connectivity index (χ2v) is 8.20. The molecule has 1 aromatic carbocycles. The third-order valence-corrected chi connectivity index (χ3v) is 5.27. The molecule has 4 rings (SSSR count). The van der Waals surface area contributed by atoms with Gasteiger partial charge in [0.1, 0.15) is 5.69 Å². The average Bonchev–Trinajstić information content (AvgIpc) is 3.03. The molecule has 0 amide bonds. The number of rotatable bonds is 3. The van der Waals surface area contributed by atoms with Crippen molar-refractivity contribution in [2.24, 2.45) is 0 Å². The van der Waals surface area contributed by atoms with Gasteiger partial charge in [0.2, 0.25) is 0 Å². The summed E-state index contributed by atoms with van der Waals surface area (Å²) in [5.74, 6) is 0.700. The predicted octanol–water partition coefficient (Wildman–Crippen LogP) is 5.84. The molecular weight excluding hydrogens is 456 g/mol. The maximum Gasteiger partial charge on any atom is 0.262 e. The topological polar surface area (TPSA) is 65.6 Å². The molecule has 3 heterocycles. The Bertz CT molecular complexity index is 1310. The Balaban J connectivity index is 2.12. The quantitative estimate of drug-likeness (QED) is 0.378. The number of hydrogen-bond donors (Lipinski definition) is 0. The SMILES string of the molecule is CC(C)n1c(-c2cc(Cl)nn2-c2ncccc2Cl)nc2c(Cl)cc(Cl)cc2c1=O. The van der Waals surface area contributed by atoms with Gasteiger partial charge in [0.15, 0.2) is 16.8 Å². The average molecular weight is 469 g/mol. The fourth-order valence-electron chi connectivity index (χ4n) is 3.09. The van der Waals surface area contributed by atoms with Crippen LogP contribution in [0.4, 0.5) is 0 Å². The molecule has 0 aliphatic carbocycles. The van der Waals surface area contributed by atoms with Crippen LogP contribution in [-0.4, -0.2) is 24.3 Å². The highest BCUT2D eigenvalue weighted by atomic mass is 35.5. The molecule has 0 radical (unpaired) electrons. The molecule has 6 nitrogen and oxygen atoms in total. The van der Waals surface area contributed by atoms with Crippen LogP contribution in [0, 0.1) is 0 Å². The number of benzene rings is 1. The molecular formula is C19H13Cl4N5O. The first-order chi connectivity index (χ1) is 13.8. The summed E-state index contributed by atoms with van der Waals surface area (Å²) in [7, 11) is 0. The summed E-state index contributed by atoms with van der Waals surface area (Å²) >= 11 is 24.9. The fraction of sp³-hybridized carbons (Fsp3) is 0.158. The van der Waals surface area contributed by atoms with E-state index in [0.29, 0.717) is 38.3 Å². The van der Waals surface area contributed by atoms with Crippen LogP contribution < -0.4 is 5.56 Å². The Kier molecular flexibility index (Phi) is 5.29. The third kappa shape index (κ3) is 3.51. The van der Waals surface area contributed by atoms with Gasteiger partial charge in [-0.1, -0.05) is 46.4 Å². The first kappa shape index (κ1) is 20.2. The smallest absolute Gasteiger partial charge is 0.262 e. The van der Waals surface area contributed by atoms with Crippen molar-refractivity contribution in [2.75, 3.05) is 0 Å². The van der Waals surface area contributed by atoms with Crippen molar-refractivity contribution in [3.05, 3.63) is 67.1 Å². The van der Waals surface area contributed by atoms with E-state index in [1.165, 1.54) is 9.25 Å². The van der Waals surface area contributed by atoms with Gasteiger partial charge in [0, 0.05) is 23.3 Å². The van der Waals surface area contributed by atoms with Gasteiger partial charge in [-0.05, 0) is 38.1 Å². The molecule has 29 heavy (non-hydrogen) atoms. The van der Waals surface area contributed by atoms with Gasteiger partial charge in [0.05, 0.1) is 20.9 Å². The predicted molar refractivity (Wildman–Crippen MR) is 117 cm³/mol. The lowest BCUT2D eigenvalue weighted by atomic mass is 10.2. The highest BCUT2D eigenvalue weighted by Crippen LogP contribution is 2.31. The van der Waals surface area contributed by atoms with Gasteiger partial charge in [-0.15, -0.1) is 0 Å². The van der Waals surface area contributed by atoms with Crippen LogP contribution >= 0.6 is 46.4 Å². The van der Waals surface area contributed by atoms with Crippen molar-refractivity contribution in [3.8, 4) is 17.3 Å². The summed E-state index contributed by atoms with van der Waals surface area (Å²) in [6.07, 6.45) is 1.59. The van der Waals surface area contributed by atoms with Crippen molar-refractivity contribution in [1.29, 1.82) is 0 Å². The van der Waals surface area contributed by atoms with Crippen molar-refractivity contribution < 1.29 is 0 Å². The van der Waals surface area contributed by atoms with Gasteiger partial charge >= 0.3 is 0 Å². The molecule has 0 unspecified atom stereocenters. The molecule has 0 aliphatic rings. The van der Waals surface area contributed by atoms with Crippen LogP contribution in [0.1, 0.15) is 19.9 Å². The van der Waals surface area contributed by atoms with E-state index in [4.69, 9.17) is 46.4 Å². The van der Waals surface area contributed by atoms with Gasteiger partial charge in [-0.25, -0.2) is 14.6 Å². The van der Waals surface area contributed by atoms with Crippen molar-refractivity contribution in [1.82, 2.24) is 24.3 Å². The van der Waals surface area contributed by atoms with Crippen LogP contribution in [0.2, 0.25) is 20.2 Å². The largest absolute Gasteiger partial charge is 0.288 e. The first-order valence-electron chi connectivity index (χ1n) is 8.56. The van der Waals surface area contributed by atoms with E-state index in [1.807, 2.05) is 13.8 Å². The second-order valence-electron chi connectivity index (χ2n) is 6.56. The van der Waals surface area contributed by atoms with Gasteiger partial charge in [0.25, 0.3) is 5.56 Å². The highest BCUT2D eigenvalue weighted by molar-refractivity contribution is 6.38. The van der Waals surface area contributed by atoms with E-state index >= 15 is 0 Å². The summed E-state index contributed by atoms with van der Waals surface area (Å²) in [6.45, 7) is 3.75. The van der Waals surface area contributed by atoms with Gasteiger partial charge in [-0.3, -0.25) is 9.36 Å². The van der Waals surface area contributed by atoms with E-state index in [0.717, 1.165) is 0 Å². The Morgan fingerprint density at radius 2 is 1.79 bits per heavy atom. The monoisotopic (exact) mass is 467 g/mol. The minimum absolute atomic E-state index is 0.202.